The third-order valence-corrected chi connectivity index (χ3v) is 2.97. The minimum absolute atomic E-state index is 0.0104. The number of aromatic hydroxyl groups is 1. The molecule has 0 aliphatic heterocycles. The predicted molar refractivity (Wildman–Crippen MR) is 68.6 cm³/mol. The number of rotatable bonds is 3. The smallest absolute Gasteiger partial charge is 0.326 e. The van der Waals surface area contributed by atoms with E-state index in [2.05, 4.69) is 0 Å². The molecule has 5 heteroatoms. The maximum absolute atomic E-state index is 11.0. The molecule has 0 fully saturated rings. The highest BCUT2D eigenvalue weighted by molar-refractivity contribution is 5.88. The number of carbonyl (C=O) groups is 1. The van der Waals surface area contributed by atoms with Gasteiger partial charge in [0.25, 0.3) is 0 Å². The summed E-state index contributed by atoms with van der Waals surface area (Å²) in [4.78, 5) is 11.0. The van der Waals surface area contributed by atoms with Gasteiger partial charge in [-0.3, -0.25) is 4.79 Å². The van der Waals surface area contributed by atoms with Gasteiger partial charge in [-0.25, -0.2) is 0 Å². The average molecular weight is 248 g/mol. The fourth-order valence-corrected chi connectivity index (χ4v) is 2.21. The van der Waals surface area contributed by atoms with Gasteiger partial charge in [0.1, 0.15) is 11.8 Å². The van der Waals surface area contributed by atoms with Gasteiger partial charge < -0.3 is 20.5 Å². The molecule has 0 saturated carbocycles. The highest BCUT2D eigenvalue weighted by Crippen LogP contribution is 2.32. The second kappa shape index (κ2) is 4.34. The van der Waals surface area contributed by atoms with Crippen molar-refractivity contribution in [2.45, 2.75) is 25.9 Å². The number of nitrogens with zero attached hydrogens (tertiary/aromatic N) is 1. The van der Waals surface area contributed by atoms with Crippen LogP contribution in [0.2, 0.25) is 0 Å². The number of fused-ring (bicyclic) bond motifs is 1. The van der Waals surface area contributed by atoms with Gasteiger partial charge in [0.15, 0.2) is 0 Å². The average Bonchev–Trinajstić information content (AvgIpc) is 2.68. The van der Waals surface area contributed by atoms with E-state index in [-0.39, 0.29) is 11.8 Å². The monoisotopic (exact) mass is 248 g/mol. The van der Waals surface area contributed by atoms with Gasteiger partial charge in [0.05, 0.1) is 5.52 Å². The molecule has 0 amide bonds. The number of aromatic nitrogens is 1. The number of benzene rings is 1. The first-order valence-corrected chi connectivity index (χ1v) is 5.74. The van der Waals surface area contributed by atoms with E-state index < -0.39 is 12.0 Å². The Morgan fingerprint density at radius 2 is 2.06 bits per heavy atom. The summed E-state index contributed by atoms with van der Waals surface area (Å²) in [5, 5.41) is 19.7. The number of phenolic OH excluding ortho intramolecular Hbond substituents is 1. The van der Waals surface area contributed by atoms with Gasteiger partial charge in [-0.05, 0) is 26.0 Å². The molecule has 2 rings (SSSR count). The molecule has 0 aliphatic carbocycles. The van der Waals surface area contributed by atoms with Gasteiger partial charge >= 0.3 is 5.97 Å². The van der Waals surface area contributed by atoms with Crippen LogP contribution in [0.4, 0.5) is 0 Å². The largest absolute Gasteiger partial charge is 0.506 e. The summed E-state index contributed by atoms with van der Waals surface area (Å²) in [6.45, 7) is 3.84. The number of carboxylic acid groups (broad SMARTS) is 1. The number of para-hydroxylation sites is 1. The van der Waals surface area contributed by atoms with E-state index in [1.807, 2.05) is 19.9 Å². The van der Waals surface area contributed by atoms with Crippen molar-refractivity contribution in [3.8, 4) is 5.75 Å². The Balaban J connectivity index is 2.78. The molecule has 1 unspecified atom stereocenters. The van der Waals surface area contributed by atoms with Crippen LogP contribution in [0.5, 0.6) is 5.75 Å². The van der Waals surface area contributed by atoms with E-state index >= 15 is 0 Å². The standard InChI is InChI=1S/C13H16N2O3/c1-7(2)15-9(11(14)13(17)18)6-8-4-3-5-10(16)12(8)15/h3-7,11,16H,14H2,1-2H3,(H,17,18). The SMILES string of the molecule is CC(C)n1c(C(N)C(=O)O)cc2cccc(O)c21. The van der Waals surface area contributed by atoms with Crippen molar-refractivity contribution in [1.29, 1.82) is 0 Å². The molecule has 1 atom stereocenters. The zero-order valence-corrected chi connectivity index (χ0v) is 10.3. The van der Waals surface area contributed by atoms with Gasteiger partial charge in [0.2, 0.25) is 0 Å². The number of phenols is 1. The van der Waals surface area contributed by atoms with E-state index in [0.717, 1.165) is 5.39 Å². The molecule has 2 aromatic rings. The van der Waals surface area contributed by atoms with Crippen LogP contribution in [0.3, 0.4) is 0 Å². The third-order valence-electron chi connectivity index (χ3n) is 2.97. The van der Waals surface area contributed by atoms with Crippen LogP contribution in [0, 0.1) is 0 Å². The van der Waals surface area contributed by atoms with E-state index in [1.54, 1.807) is 22.8 Å². The molecule has 1 aromatic carbocycles. The maximum atomic E-state index is 11.0. The molecule has 1 aromatic heterocycles. The lowest BCUT2D eigenvalue weighted by Crippen LogP contribution is -2.24. The lowest BCUT2D eigenvalue weighted by atomic mass is 10.2. The fourth-order valence-electron chi connectivity index (χ4n) is 2.21. The van der Waals surface area contributed by atoms with Gasteiger partial charge in [0, 0.05) is 17.1 Å². The van der Waals surface area contributed by atoms with E-state index in [0.29, 0.717) is 11.2 Å². The second-order valence-corrected chi connectivity index (χ2v) is 4.56. The Labute approximate surface area is 104 Å². The van der Waals surface area contributed by atoms with Crippen LogP contribution in [0.1, 0.15) is 31.6 Å². The molecule has 0 saturated heterocycles. The zero-order chi connectivity index (χ0) is 13.4. The third kappa shape index (κ3) is 1.82. The molecule has 4 N–H and O–H groups in total. The summed E-state index contributed by atoms with van der Waals surface area (Å²) < 4.78 is 1.77. The van der Waals surface area contributed by atoms with Crippen LogP contribution in [0.15, 0.2) is 24.3 Å². The van der Waals surface area contributed by atoms with Crippen molar-refractivity contribution in [1.82, 2.24) is 4.57 Å². The second-order valence-electron chi connectivity index (χ2n) is 4.56. The van der Waals surface area contributed by atoms with Crippen molar-refractivity contribution < 1.29 is 15.0 Å². The zero-order valence-electron chi connectivity index (χ0n) is 10.3. The molecule has 0 spiro atoms. The predicted octanol–water partition coefficient (Wildman–Crippen LogP) is 2.01. The summed E-state index contributed by atoms with van der Waals surface area (Å²) in [5.74, 6) is -0.954. The number of nitrogens with two attached hydrogens (primary N) is 1. The molecule has 1 heterocycles. The van der Waals surface area contributed by atoms with Crippen molar-refractivity contribution in [3.05, 3.63) is 30.0 Å². The highest BCUT2D eigenvalue weighted by Gasteiger charge is 2.23. The van der Waals surface area contributed by atoms with E-state index in [4.69, 9.17) is 10.8 Å². The molecule has 5 nitrogen and oxygen atoms in total. The Hall–Kier alpha value is -2.01. The molecular formula is C13H16N2O3. The fraction of sp³-hybridized carbons (Fsp3) is 0.308. The summed E-state index contributed by atoms with van der Waals surface area (Å²) >= 11 is 0. The molecule has 96 valence electrons. The van der Waals surface area contributed by atoms with Gasteiger partial charge in [-0.15, -0.1) is 0 Å². The number of aliphatic carboxylic acids is 1. The summed E-state index contributed by atoms with van der Waals surface area (Å²) in [7, 11) is 0. The minimum atomic E-state index is -1.10. The Morgan fingerprint density at radius 1 is 1.39 bits per heavy atom. The molecule has 18 heavy (non-hydrogen) atoms. The van der Waals surface area contributed by atoms with Crippen molar-refractivity contribution in [2.24, 2.45) is 5.73 Å². The van der Waals surface area contributed by atoms with Gasteiger partial charge in [-0.1, -0.05) is 12.1 Å². The van der Waals surface area contributed by atoms with Crippen LogP contribution in [-0.4, -0.2) is 20.7 Å². The molecule has 0 aliphatic rings. The van der Waals surface area contributed by atoms with Crippen LogP contribution >= 0.6 is 0 Å². The number of hydrogen-bond acceptors (Lipinski definition) is 3. The van der Waals surface area contributed by atoms with Crippen LogP contribution in [0.25, 0.3) is 10.9 Å². The highest BCUT2D eigenvalue weighted by atomic mass is 16.4. The lowest BCUT2D eigenvalue weighted by molar-refractivity contribution is -0.138. The first kappa shape index (κ1) is 12.4. The number of hydrogen-bond donors (Lipinski definition) is 3. The maximum Gasteiger partial charge on any atom is 0.326 e. The lowest BCUT2D eigenvalue weighted by Gasteiger charge is -2.17. The molecular weight excluding hydrogens is 232 g/mol. The molecule has 0 bridgehead atoms. The summed E-state index contributed by atoms with van der Waals surface area (Å²) in [5.41, 5.74) is 6.81. The Kier molecular flexibility index (Phi) is 3.00. The van der Waals surface area contributed by atoms with Crippen LogP contribution in [-0.2, 0) is 4.79 Å². The Bertz CT molecular complexity index is 602. The van der Waals surface area contributed by atoms with E-state index in [9.17, 15) is 9.90 Å². The normalized spacial score (nSPS) is 13.1. The first-order valence-electron chi connectivity index (χ1n) is 5.74. The van der Waals surface area contributed by atoms with Crippen molar-refractivity contribution in [3.63, 3.8) is 0 Å². The minimum Gasteiger partial charge on any atom is -0.506 e. The summed E-state index contributed by atoms with van der Waals surface area (Å²) in [6.07, 6.45) is 0. The summed E-state index contributed by atoms with van der Waals surface area (Å²) in [6, 6.07) is 5.76. The molecule has 0 radical (unpaired) electrons. The van der Waals surface area contributed by atoms with Crippen molar-refractivity contribution in [2.75, 3.05) is 0 Å². The van der Waals surface area contributed by atoms with Crippen molar-refractivity contribution >= 4 is 16.9 Å². The number of carboxylic acids is 1. The van der Waals surface area contributed by atoms with E-state index in [1.165, 1.54) is 0 Å². The quantitative estimate of drug-likeness (QED) is 0.775. The Morgan fingerprint density at radius 3 is 2.61 bits per heavy atom. The topological polar surface area (TPSA) is 88.5 Å². The van der Waals surface area contributed by atoms with Gasteiger partial charge in [-0.2, -0.15) is 0 Å². The first-order chi connectivity index (χ1) is 8.43. The van der Waals surface area contributed by atoms with Crippen LogP contribution < -0.4 is 5.73 Å².